The molecule has 2 aromatic carbocycles. The minimum absolute atomic E-state index is 0.122. The van der Waals surface area contributed by atoms with Crippen LogP contribution in [0.15, 0.2) is 48.5 Å². The fourth-order valence-corrected chi connectivity index (χ4v) is 3.66. The fourth-order valence-electron chi connectivity index (χ4n) is 3.66. The molecule has 1 amide bonds. The van der Waals surface area contributed by atoms with Crippen molar-refractivity contribution < 1.29 is 28.2 Å². The van der Waals surface area contributed by atoms with Crippen LogP contribution in [0.1, 0.15) is 55.8 Å². The van der Waals surface area contributed by atoms with Gasteiger partial charge in [-0.3, -0.25) is 14.7 Å². The van der Waals surface area contributed by atoms with Gasteiger partial charge in [-0.25, -0.2) is 8.78 Å². The number of benzene rings is 2. The van der Waals surface area contributed by atoms with Crippen molar-refractivity contribution in [2.75, 3.05) is 7.11 Å². The topological polar surface area (TPSA) is 104 Å². The van der Waals surface area contributed by atoms with Crippen molar-refractivity contribution >= 4 is 11.7 Å². The maximum absolute atomic E-state index is 13.7. The van der Waals surface area contributed by atoms with E-state index in [1.807, 2.05) is 0 Å². The number of amides is 1. The molecule has 3 aromatic rings. The second-order valence-electron chi connectivity index (χ2n) is 8.93. The Morgan fingerprint density at radius 3 is 2.34 bits per heavy atom. The first-order valence-corrected chi connectivity index (χ1v) is 11.2. The molecule has 7 nitrogen and oxygen atoms in total. The lowest BCUT2D eigenvalue weighted by atomic mass is 9.81. The van der Waals surface area contributed by atoms with E-state index >= 15 is 0 Å². The van der Waals surface area contributed by atoms with Crippen molar-refractivity contribution in [3.8, 4) is 5.75 Å². The number of ketones is 1. The molecule has 0 saturated heterocycles. The van der Waals surface area contributed by atoms with Crippen LogP contribution in [0.4, 0.5) is 8.78 Å². The van der Waals surface area contributed by atoms with Crippen molar-refractivity contribution in [2.45, 2.75) is 51.2 Å². The number of rotatable bonds is 10. The van der Waals surface area contributed by atoms with Gasteiger partial charge in [-0.05, 0) is 54.8 Å². The number of Topliss-reactive ketones (excluding diaryl/α,β-unsaturated/α-hetero) is 1. The summed E-state index contributed by atoms with van der Waals surface area (Å²) in [6, 6.07) is 10.7. The highest BCUT2D eigenvalue weighted by molar-refractivity contribution is 5.90. The number of ether oxygens (including phenoxy) is 1. The Bertz CT molecular complexity index is 1170. The molecule has 0 spiro atoms. The highest BCUT2D eigenvalue weighted by atomic mass is 19.1. The third kappa shape index (κ3) is 6.30. The number of H-pyrrole nitrogens is 1. The molecule has 9 heteroatoms. The Hall–Kier alpha value is -3.59. The van der Waals surface area contributed by atoms with Gasteiger partial charge in [0.1, 0.15) is 17.4 Å². The van der Waals surface area contributed by atoms with Crippen molar-refractivity contribution in [1.29, 1.82) is 0 Å². The third-order valence-corrected chi connectivity index (χ3v) is 6.02. The first-order chi connectivity index (χ1) is 16.5. The molecular formula is C26H29F2N3O4. The Labute approximate surface area is 202 Å². The summed E-state index contributed by atoms with van der Waals surface area (Å²) in [6.07, 6.45) is -0.960. The van der Waals surface area contributed by atoms with Gasteiger partial charge in [0.2, 0.25) is 0 Å². The number of nitrogens with zero attached hydrogens (tertiary/aromatic N) is 1. The zero-order valence-corrected chi connectivity index (χ0v) is 20.1. The standard InChI is InChI=1S/C26H29F2N3O4/c1-15(29-25(34)24(33)16-5-8-21(35-4)9-6-16)22(32)10-7-20-14-23(31-30-20)26(2,3)17-11-18(27)13-19(28)12-17/h5-6,8-9,11-15,24,33H,7,10H2,1-4H3,(H,29,34)(H,30,31)/t15-,24-/m0/s1. The molecule has 0 aliphatic heterocycles. The lowest BCUT2D eigenvalue weighted by molar-refractivity contribution is -0.133. The number of aliphatic hydroxyl groups is 1. The molecule has 1 aromatic heterocycles. The van der Waals surface area contributed by atoms with Gasteiger partial charge in [0.25, 0.3) is 5.91 Å². The van der Waals surface area contributed by atoms with Crippen molar-refractivity contribution in [3.05, 3.63) is 82.7 Å². The van der Waals surface area contributed by atoms with E-state index in [1.165, 1.54) is 19.2 Å². The van der Waals surface area contributed by atoms with E-state index in [2.05, 4.69) is 15.5 Å². The average molecular weight is 486 g/mol. The summed E-state index contributed by atoms with van der Waals surface area (Å²) in [5, 5.41) is 20.0. The highest BCUT2D eigenvalue weighted by Gasteiger charge is 2.28. The number of nitrogens with one attached hydrogen (secondary N) is 2. The van der Waals surface area contributed by atoms with Crippen LogP contribution in [0.5, 0.6) is 5.75 Å². The normalized spacial score (nSPS) is 13.2. The third-order valence-electron chi connectivity index (χ3n) is 6.02. The molecule has 3 rings (SSSR count). The minimum atomic E-state index is -1.42. The van der Waals surface area contributed by atoms with E-state index in [4.69, 9.17) is 4.74 Å². The second-order valence-corrected chi connectivity index (χ2v) is 8.93. The predicted molar refractivity (Wildman–Crippen MR) is 126 cm³/mol. The van der Waals surface area contributed by atoms with Crippen molar-refractivity contribution in [2.24, 2.45) is 0 Å². The summed E-state index contributed by atoms with van der Waals surface area (Å²) in [6.45, 7) is 5.16. The van der Waals surface area contributed by atoms with Gasteiger partial charge in [0, 0.05) is 23.6 Å². The second kappa shape index (κ2) is 10.8. The van der Waals surface area contributed by atoms with Gasteiger partial charge in [-0.2, -0.15) is 5.10 Å². The molecule has 1 heterocycles. The van der Waals surface area contributed by atoms with Gasteiger partial charge >= 0.3 is 0 Å². The molecule has 0 aliphatic rings. The number of carbonyl (C=O) groups excluding carboxylic acids is 2. The van der Waals surface area contributed by atoms with E-state index in [0.717, 1.165) is 6.07 Å². The molecule has 35 heavy (non-hydrogen) atoms. The first-order valence-electron chi connectivity index (χ1n) is 11.2. The Morgan fingerprint density at radius 2 is 1.74 bits per heavy atom. The lowest BCUT2D eigenvalue weighted by Crippen LogP contribution is -2.41. The van der Waals surface area contributed by atoms with Crippen LogP contribution in [0.3, 0.4) is 0 Å². The van der Waals surface area contributed by atoms with E-state index in [-0.39, 0.29) is 12.2 Å². The molecule has 0 bridgehead atoms. The first kappa shape index (κ1) is 26.0. The van der Waals surface area contributed by atoms with Crippen LogP contribution in [-0.2, 0) is 21.4 Å². The predicted octanol–water partition coefficient (Wildman–Crippen LogP) is 3.76. The number of halogens is 2. The van der Waals surface area contributed by atoms with Gasteiger partial charge < -0.3 is 15.2 Å². The monoisotopic (exact) mass is 485 g/mol. The minimum Gasteiger partial charge on any atom is -0.497 e. The van der Waals surface area contributed by atoms with Crippen LogP contribution in [0, 0.1) is 11.6 Å². The maximum Gasteiger partial charge on any atom is 0.254 e. The van der Waals surface area contributed by atoms with Gasteiger partial charge in [-0.1, -0.05) is 26.0 Å². The number of carbonyl (C=O) groups is 2. The molecule has 186 valence electrons. The maximum atomic E-state index is 13.7. The SMILES string of the molecule is COc1ccc([C@H](O)C(=O)N[C@@H](C)C(=O)CCc2cc(C(C)(C)c3cc(F)cc(F)c3)n[nH]2)cc1. The van der Waals surface area contributed by atoms with Crippen LogP contribution in [-0.4, -0.2) is 40.1 Å². The smallest absolute Gasteiger partial charge is 0.254 e. The van der Waals surface area contributed by atoms with Gasteiger partial charge in [0.05, 0.1) is 18.8 Å². The Kier molecular flexibility index (Phi) is 8.01. The average Bonchev–Trinajstić information content (AvgIpc) is 3.31. The summed E-state index contributed by atoms with van der Waals surface area (Å²) < 4.78 is 32.4. The summed E-state index contributed by atoms with van der Waals surface area (Å²) in [5.41, 5.74) is 1.31. The van der Waals surface area contributed by atoms with Gasteiger partial charge in [0.15, 0.2) is 11.9 Å². The molecule has 3 N–H and O–H groups in total. The number of aromatic nitrogens is 2. The number of hydrogen-bond acceptors (Lipinski definition) is 5. The van der Waals surface area contributed by atoms with Gasteiger partial charge in [-0.15, -0.1) is 0 Å². The summed E-state index contributed by atoms with van der Waals surface area (Å²) in [4.78, 5) is 24.9. The molecule has 0 saturated carbocycles. The zero-order valence-electron chi connectivity index (χ0n) is 20.1. The summed E-state index contributed by atoms with van der Waals surface area (Å²) >= 11 is 0. The quantitative estimate of drug-likeness (QED) is 0.406. The Morgan fingerprint density at radius 1 is 1.11 bits per heavy atom. The zero-order chi connectivity index (χ0) is 25.8. The van der Waals surface area contributed by atoms with Crippen molar-refractivity contribution in [3.63, 3.8) is 0 Å². The number of aromatic amines is 1. The Balaban J connectivity index is 1.56. The summed E-state index contributed by atoms with van der Waals surface area (Å²) in [5.74, 6) is -1.63. The lowest BCUT2D eigenvalue weighted by Gasteiger charge is -2.23. The molecule has 2 atom stereocenters. The van der Waals surface area contributed by atoms with Crippen LogP contribution >= 0.6 is 0 Å². The largest absolute Gasteiger partial charge is 0.497 e. The van der Waals surface area contributed by atoms with Crippen molar-refractivity contribution in [1.82, 2.24) is 15.5 Å². The highest BCUT2D eigenvalue weighted by Crippen LogP contribution is 2.31. The number of hydrogen-bond donors (Lipinski definition) is 3. The van der Waals surface area contributed by atoms with E-state index in [0.29, 0.717) is 34.7 Å². The van der Waals surface area contributed by atoms with Crippen LogP contribution in [0.2, 0.25) is 0 Å². The van der Waals surface area contributed by atoms with E-state index in [1.54, 1.807) is 51.1 Å². The number of aliphatic hydroxyl groups excluding tert-OH is 1. The fraction of sp³-hybridized carbons (Fsp3) is 0.346. The molecule has 0 unspecified atom stereocenters. The van der Waals surface area contributed by atoms with Crippen LogP contribution in [0.25, 0.3) is 0 Å². The number of methoxy groups -OCH3 is 1. The number of aryl methyl sites for hydroxylation is 1. The molecule has 0 fully saturated rings. The molecule has 0 aliphatic carbocycles. The molecular weight excluding hydrogens is 456 g/mol. The summed E-state index contributed by atoms with van der Waals surface area (Å²) in [7, 11) is 1.52. The van der Waals surface area contributed by atoms with E-state index < -0.39 is 35.1 Å². The molecule has 0 radical (unpaired) electrons. The van der Waals surface area contributed by atoms with Crippen LogP contribution < -0.4 is 10.1 Å². The van der Waals surface area contributed by atoms with E-state index in [9.17, 15) is 23.5 Å².